The summed E-state index contributed by atoms with van der Waals surface area (Å²) in [7, 11) is 0. The Morgan fingerprint density at radius 1 is 0.828 bits per heavy atom. The van der Waals surface area contributed by atoms with Gasteiger partial charge in [-0.15, -0.1) is 0 Å². The number of para-hydroxylation sites is 1. The summed E-state index contributed by atoms with van der Waals surface area (Å²) in [6.45, 7) is 5.99. The summed E-state index contributed by atoms with van der Waals surface area (Å²) in [4.78, 5) is 31.4. The quantitative estimate of drug-likeness (QED) is 0.873. The molecule has 2 aromatic rings. The molecule has 1 saturated heterocycles. The van der Waals surface area contributed by atoms with Crippen molar-refractivity contribution in [2.24, 2.45) is 0 Å². The molecule has 0 saturated carbocycles. The number of nitrogens with one attached hydrogen (secondary N) is 1. The van der Waals surface area contributed by atoms with Crippen LogP contribution >= 0.6 is 0 Å². The minimum Gasteiger partial charge on any atom is -0.368 e. The minimum atomic E-state index is -0.528. The summed E-state index contributed by atoms with van der Waals surface area (Å²) >= 11 is 0. The molecule has 1 atom stereocenters. The van der Waals surface area contributed by atoms with Crippen LogP contribution in [0.1, 0.15) is 18.1 Å². The second-order valence-electron chi connectivity index (χ2n) is 7.76. The van der Waals surface area contributed by atoms with Gasteiger partial charge in [-0.1, -0.05) is 42.5 Å². The van der Waals surface area contributed by atoms with E-state index in [1.807, 2.05) is 35.2 Å². The van der Waals surface area contributed by atoms with Crippen LogP contribution in [0.15, 0.2) is 54.6 Å². The van der Waals surface area contributed by atoms with Crippen molar-refractivity contribution in [3.05, 3.63) is 65.7 Å². The molecule has 0 unspecified atom stereocenters. The monoisotopic (exact) mass is 392 g/mol. The Hall–Kier alpha value is -3.02. The van der Waals surface area contributed by atoms with Crippen LogP contribution in [0.25, 0.3) is 0 Å². The largest absolute Gasteiger partial charge is 0.368 e. The van der Waals surface area contributed by atoms with Crippen LogP contribution in [-0.2, 0) is 17.8 Å². The van der Waals surface area contributed by atoms with E-state index in [2.05, 4.69) is 34.5 Å². The fraction of sp³-hybridized carbons (Fsp3) is 0.391. The Morgan fingerprint density at radius 3 is 2.21 bits per heavy atom. The third-order valence-electron chi connectivity index (χ3n) is 5.84. The molecule has 0 radical (unpaired) electrons. The highest BCUT2D eigenvalue weighted by Crippen LogP contribution is 2.19. The molecule has 0 aromatic heterocycles. The predicted molar refractivity (Wildman–Crippen MR) is 114 cm³/mol. The van der Waals surface area contributed by atoms with Crippen molar-refractivity contribution in [2.75, 3.05) is 37.6 Å². The number of rotatable bonds is 3. The van der Waals surface area contributed by atoms with Gasteiger partial charge in [0.2, 0.25) is 5.91 Å². The van der Waals surface area contributed by atoms with Crippen LogP contribution < -0.4 is 10.2 Å². The van der Waals surface area contributed by atoms with Gasteiger partial charge in [0, 0.05) is 45.0 Å². The lowest BCUT2D eigenvalue weighted by Crippen LogP contribution is -2.56. The molecular weight excluding hydrogens is 364 g/mol. The van der Waals surface area contributed by atoms with Gasteiger partial charge in [-0.2, -0.15) is 0 Å². The van der Waals surface area contributed by atoms with E-state index in [-0.39, 0.29) is 11.9 Å². The van der Waals surface area contributed by atoms with Gasteiger partial charge < -0.3 is 20.0 Å². The fourth-order valence-electron chi connectivity index (χ4n) is 4.10. The number of benzene rings is 2. The van der Waals surface area contributed by atoms with E-state index in [1.165, 1.54) is 16.8 Å². The number of piperazine rings is 1. The van der Waals surface area contributed by atoms with Crippen LogP contribution in [0.3, 0.4) is 0 Å². The Balaban J connectivity index is 1.28. The van der Waals surface area contributed by atoms with Crippen molar-refractivity contribution in [1.29, 1.82) is 0 Å². The van der Waals surface area contributed by atoms with E-state index in [1.54, 1.807) is 11.8 Å². The molecule has 3 amide bonds. The molecule has 29 heavy (non-hydrogen) atoms. The number of fused-ring (bicyclic) bond motifs is 1. The maximum atomic E-state index is 12.8. The van der Waals surface area contributed by atoms with Gasteiger partial charge in [0.1, 0.15) is 6.04 Å². The zero-order chi connectivity index (χ0) is 20.2. The Labute approximate surface area is 172 Å². The number of carbonyl (C=O) groups is 2. The number of amides is 3. The third kappa shape index (κ3) is 4.36. The third-order valence-corrected chi connectivity index (χ3v) is 5.84. The summed E-state index contributed by atoms with van der Waals surface area (Å²) < 4.78 is 0. The summed E-state index contributed by atoms with van der Waals surface area (Å²) in [5, 5.41) is 2.90. The van der Waals surface area contributed by atoms with Crippen LogP contribution in [0.4, 0.5) is 10.5 Å². The Kier molecular flexibility index (Phi) is 5.69. The summed E-state index contributed by atoms with van der Waals surface area (Å²) in [5.41, 5.74) is 3.69. The van der Waals surface area contributed by atoms with E-state index >= 15 is 0 Å². The van der Waals surface area contributed by atoms with Gasteiger partial charge in [-0.05, 0) is 36.6 Å². The van der Waals surface area contributed by atoms with Crippen LogP contribution in [0.2, 0.25) is 0 Å². The minimum absolute atomic E-state index is 0.0178. The molecule has 0 spiro atoms. The second kappa shape index (κ2) is 8.55. The summed E-state index contributed by atoms with van der Waals surface area (Å²) in [6, 6.07) is 17.8. The standard InChI is InChI=1S/C23H28N4O2/c1-18(22(28)27-12-11-19-7-5-6-8-20(19)17-27)24-23(29)26-15-13-25(14-16-26)21-9-3-2-4-10-21/h2-10,18H,11-17H2,1H3,(H,24,29)/t18-/m1/s1. The predicted octanol–water partition coefficient (Wildman–Crippen LogP) is 2.49. The fourth-order valence-corrected chi connectivity index (χ4v) is 4.10. The molecule has 1 fully saturated rings. The van der Waals surface area contributed by atoms with Crippen molar-refractivity contribution in [2.45, 2.75) is 25.9 Å². The van der Waals surface area contributed by atoms with Gasteiger partial charge in [0.05, 0.1) is 0 Å². The molecule has 2 aliphatic rings. The summed E-state index contributed by atoms with van der Waals surface area (Å²) in [6.07, 6.45) is 0.865. The van der Waals surface area contributed by atoms with Gasteiger partial charge in [-0.25, -0.2) is 4.79 Å². The van der Waals surface area contributed by atoms with Gasteiger partial charge >= 0.3 is 6.03 Å². The molecule has 2 aromatic carbocycles. The molecular formula is C23H28N4O2. The Bertz CT molecular complexity index is 862. The van der Waals surface area contributed by atoms with Crippen LogP contribution in [-0.4, -0.2) is 60.5 Å². The van der Waals surface area contributed by atoms with E-state index in [0.29, 0.717) is 26.2 Å². The smallest absolute Gasteiger partial charge is 0.318 e. The highest BCUT2D eigenvalue weighted by atomic mass is 16.2. The molecule has 2 aliphatic heterocycles. The first kappa shape index (κ1) is 19.3. The number of nitrogens with zero attached hydrogens (tertiary/aromatic N) is 3. The van der Waals surface area contributed by atoms with Crippen LogP contribution in [0.5, 0.6) is 0 Å². The lowest BCUT2D eigenvalue weighted by Gasteiger charge is -2.37. The zero-order valence-electron chi connectivity index (χ0n) is 16.9. The maximum Gasteiger partial charge on any atom is 0.318 e. The van der Waals surface area contributed by atoms with E-state index in [9.17, 15) is 9.59 Å². The molecule has 6 heteroatoms. The normalized spacial score (nSPS) is 17.5. The average molecular weight is 393 g/mol. The Morgan fingerprint density at radius 2 is 1.48 bits per heavy atom. The zero-order valence-corrected chi connectivity index (χ0v) is 16.9. The molecule has 2 heterocycles. The molecule has 152 valence electrons. The van der Waals surface area contributed by atoms with Crippen molar-refractivity contribution in [3.8, 4) is 0 Å². The highest BCUT2D eigenvalue weighted by Gasteiger charge is 2.28. The average Bonchev–Trinajstić information content (AvgIpc) is 2.79. The van der Waals surface area contributed by atoms with Crippen molar-refractivity contribution < 1.29 is 9.59 Å². The van der Waals surface area contributed by atoms with Crippen molar-refractivity contribution >= 4 is 17.6 Å². The first-order valence-corrected chi connectivity index (χ1v) is 10.3. The van der Waals surface area contributed by atoms with Gasteiger partial charge in [-0.3, -0.25) is 4.79 Å². The van der Waals surface area contributed by atoms with E-state index in [4.69, 9.17) is 0 Å². The SMILES string of the molecule is C[C@@H](NC(=O)N1CCN(c2ccccc2)CC1)C(=O)N1CCc2ccccc2C1. The molecule has 0 aliphatic carbocycles. The van der Waals surface area contributed by atoms with Crippen molar-refractivity contribution in [1.82, 2.24) is 15.1 Å². The van der Waals surface area contributed by atoms with E-state index < -0.39 is 6.04 Å². The lowest BCUT2D eigenvalue weighted by atomic mass is 9.99. The maximum absolute atomic E-state index is 12.8. The van der Waals surface area contributed by atoms with Crippen LogP contribution in [0, 0.1) is 0 Å². The van der Waals surface area contributed by atoms with Crippen molar-refractivity contribution in [3.63, 3.8) is 0 Å². The number of carbonyl (C=O) groups excluding carboxylic acids is 2. The number of urea groups is 1. The van der Waals surface area contributed by atoms with E-state index in [0.717, 1.165) is 19.5 Å². The second-order valence-corrected chi connectivity index (χ2v) is 7.76. The number of anilines is 1. The molecule has 1 N–H and O–H groups in total. The molecule has 6 nitrogen and oxygen atoms in total. The summed E-state index contributed by atoms with van der Waals surface area (Å²) in [5.74, 6) is -0.0178. The molecule has 0 bridgehead atoms. The van der Waals surface area contributed by atoms with Gasteiger partial charge in [0.25, 0.3) is 0 Å². The van der Waals surface area contributed by atoms with Gasteiger partial charge in [0.15, 0.2) is 0 Å². The highest BCUT2D eigenvalue weighted by molar-refractivity contribution is 5.87. The lowest BCUT2D eigenvalue weighted by molar-refractivity contribution is -0.133. The first-order valence-electron chi connectivity index (χ1n) is 10.3. The number of hydrogen-bond donors (Lipinski definition) is 1. The number of hydrogen-bond acceptors (Lipinski definition) is 3. The molecule has 4 rings (SSSR count). The topological polar surface area (TPSA) is 55.9 Å². The first-order chi connectivity index (χ1) is 14.1.